The van der Waals surface area contributed by atoms with E-state index in [9.17, 15) is 9.59 Å². The first-order valence-electron chi connectivity index (χ1n) is 10.1. The molecule has 0 radical (unpaired) electrons. The van der Waals surface area contributed by atoms with E-state index < -0.39 is 0 Å². The Kier molecular flexibility index (Phi) is 8.05. The van der Waals surface area contributed by atoms with Gasteiger partial charge in [0.1, 0.15) is 5.75 Å². The number of thioether (sulfide) groups is 1. The molecule has 1 aliphatic heterocycles. The molecule has 30 heavy (non-hydrogen) atoms. The summed E-state index contributed by atoms with van der Waals surface area (Å²) in [6.07, 6.45) is 1.86. The number of amides is 2. The number of rotatable bonds is 7. The molecule has 5 nitrogen and oxygen atoms in total. The first-order chi connectivity index (χ1) is 14.5. The van der Waals surface area contributed by atoms with Crippen LogP contribution < -0.4 is 10.1 Å². The van der Waals surface area contributed by atoms with Crippen LogP contribution in [0.2, 0.25) is 5.02 Å². The number of carbonyl (C=O) groups is 2. The molecule has 1 atom stereocenters. The van der Waals surface area contributed by atoms with Gasteiger partial charge >= 0.3 is 0 Å². The van der Waals surface area contributed by atoms with Crippen LogP contribution in [0.5, 0.6) is 5.75 Å². The maximum atomic E-state index is 12.7. The number of likely N-dealkylation sites (tertiary alicyclic amines) is 1. The van der Waals surface area contributed by atoms with Gasteiger partial charge in [-0.1, -0.05) is 29.8 Å². The molecule has 1 saturated heterocycles. The zero-order chi connectivity index (χ0) is 21.5. The molecule has 0 aromatic heterocycles. The molecule has 0 bridgehead atoms. The largest absolute Gasteiger partial charge is 0.496 e. The van der Waals surface area contributed by atoms with Crippen LogP contribution in [0.1, 0.15) is 25.3 Å². The second-order valence-electron chi connectivity index (χ2n) is 7.37. The van der Waals surface area contributed by atoms with Crippen LogP contribution in [0.3, 0.4) is 0 Å². The summed E-state index contributed by atoms with van der Waals surface area (Å²) >= 11 is 7.42. The number of hydrogen-bond donors (Lipinski definition) is 1. The van der Waals surface area contributed by atoms with Crippen molar-refractivity contribution in [2.75, 3.05) is 20.2 Å². The summed E-state index contributed by atoms with van der Waals surface area (Å²) in [5, 5.41) is 3.62. The lowest BCUT2D eigenvalue weighted by Gasteiger charge is -2.33. The Labute approximate surface area is 187 Å². The number of halogens is 1. The van der Waals surface area contributed by atoms with Crippen molar-refractivity contribution in [2.24, 2.45) is 0 Å². The van der Waals surface area contributed by atoms with Gasteiger partial charge < -0.3 is 15.0 Å². The number of hydrogen-bond acceptors (Lipinski definition) is 4. The van der Waals surface area contributed by atoms with Crippen molar-refractivity contribution < 1.29 is 14.3 Å². The summed E-state index contributed by atoms with van der Waals surface area (Å²) in [5.74, 6) is 0.852. The van der Waals surface area contributed by atoms with Gasteiger partial charge in [0.25, 0.3) is 0 Å². The number of ether oxygens (including phenoxy) is 1. The van der Waals surface area contributed by atoms with Crippen LogP contribution in [-0.2, 0) is 16.0 Å². The molecule has 1 fully saturated rings. The number of nitrogens with zero attached hydrogens (tertiary/aromatic N) is 1. The molecule has 1 unspecified atom stereocenters. The summed E-state index contributed by atoms with van der Waals surface area (Å²) in [4.78, 5) is 28.1. The number of benzene rings is 2. The van der Waals surface area contributed by atoms with Gasteiger partial charge in [0.05, 0.1) is 18.8 Å². The van der Waals surface area contributed by atoms with Gasteiger partial charge in [0.2, 0.25) is 11.8 Å². The second kappa shape index (κ2) is 10.7. The number of piperidine rings is 1. The Bertz CT molecular complexity index is 867. The maximum Gasteiger partial charge on any atom is 0.233 e. The van der Waals surface area contributed by atoms with E-state index in [0.29, 0.717) is 24.5 Å². The smallest absolute Gasteiger partial charge is 0.233 e. The van der Waals surface area contributed by atoms with Gasteiger partial charge in [-0.3, -0.25) is 9.59 Å². The average Bonchev–Trinajstić information content (AvgIpc) is 2.76. The molecule has 2 amide bonds. The van der Waals surface area contributed by atoms with Gasteiger partial charge in [-0.25, -0.2) is 0 Å². The highest BCUT2D eigenvalue weighted by molar-refractivity contribution is 8.00. The number of carbonyl (C=O) groups excluding carboxylic acids is 2. The van der Waals surface area contributed by atoms with Crippen molar-refractivity contribution in [2.45, 2.75) is 42.4 Å². The van der Waals surface area contributed by atoms with E-state index in [1.54, 1.807) is 7.11 Å². The molecule has 0 saturated carbocycles. The van der Waals surface area contributed by atoms with Crippen molar-refractivity contribution in [3.05, 3.63) is 59.1 Å². The SMILES string of the molecule is COc1ccccc1CC(=O)N1CCC(NC(=O)C(C)Sc2ccc(Cl)cc2)CC1. The minimum absolute atomic E-state index is 0.0220. The van der Waals surface area contributed by atoms with Crippen molar-refractivity contribution >= 4 is 35.2 Å². The van der Waals surface area contributed by atoms with Gasteiger partial charge in [0.15, 0.2) is 0 Å². The summed E-state index contributed by atoms with van der Waals surface area (Å²) < 4.78 is 5.34. The average molecular weight is 447 g/mol. The van der Waals surface area contributed by atoms with Crippen LogP contribution >= 0.6 is 23.4 Å². The molecule has 1 aliphatic rings. The predicted molar refractivity (Wildman–Crippen MR) is 121 cm³/mol. The molecule has 3 rings (SSSR count). The Morgan fingerprint density at radius 3 is 2.50 bits per heavy atom. The molecule has 1 N–H and O–H groups in total. The van der Waals surface area contributed by atoms with E-state index in [0.717, 1.165) is 29.1 Å². The molecule has 7 heteroatoms. The molecule has 160 valence electrons. The third kappa shape index (κ3) is 6.16. The summed E-state index contributed by atoms with van der Waals surface area (Å²) in [6.45, 7) is 3.20. The summed E-state index contributed by atoms with van der Waals surface area (Å²) in [6, 6.07) is 15.2. The molecule has 0 aliphatic carbocycles. The van der Waals surface area contributed by atoms with Crippen molar-refractivity contribution in [1.82, 2.24) is 10.2 Å². The van der Waals surface area contributed by atoms with E-state index in [1.165, 1.54) is 11.8 Å². The van der Waals surface area contributed by atoms with Gasteiger partial charge in [-0.05, 0) is 50.1 Å². The van der Waals surface area contributed by atoms with Crippen LogP contribution in [0.25, 0.3) is 0 Å². The number of nitrogens with one attached hydrogen (secondary N) is 1. The minimum atomic E-state index is -0.198. The van der Waals surface area contributed by atoms with Gasteiger partial charge in [0, 0.05) is 34.6 Å². The fraction of sp³-hybridized carbons (Fsp3) is 0.391. The van der Waals surface area contributed by atoms with Crippen molar-refractivity contribution in [1.29, 1.82) is 0 Å². The van der Waals surface area contributed by atoms with Gasteiger partial charge in [-0.2, -0.15) is 0 Å². The quantitative estimate of drug-likeness (QED) is 0.648. The van der Waals surface area contributed by atoms with Crippen LogP contribution in [0, 0.1) is 0 Å². The van der Waals surface area contributed by atoms with Crippen molar-refractivity contribution in [3.63, 3.8) is 0 Å². The van der Waals surface area contributed by atoms with E-state index in [-0.39, 0.29) is 23.1 Å². The first kappa shape index (κ1) is 22.5. The zero-order valence-corrected chi connectivity index (χ0v) is 18.8. The molecular formula is C23H27ClN2O3S. The summed E-state index contributed by atoms with van der Waals surface area (Å²) in [5.41, 5.74) is 0.897. The number of para-hydroxylation sites is 1. The molecule has 0 spiro atoms. The van der Waals surface area contributed by atoms with Crippen LogP contribution in [0.15, 0.2) is 53.4 Å². The Morgan fingerprint density at radius 1 is 1.17 bits per heavy atom. The topological polar surface area (TPSA) is 58.6 Å². The molecule has 2 aromatic rings. The zero-order valence-electron chi connectivity index (χ0n) is 17.3. The minimum Gasteiger partial charge on any atom is -0.496 e. The second-order valence-corrected chi connectivity index (χ2v) is 9.22. The fourth-order valence-corrected chi connectivity index (χ4v) is 4.49. The predicted octanol–water partition coefficient (Wildman–Crippen LogP) is 4.18. The van der Waals surface area contributed by atoms with E-state index in [4.69, 9.17) is 16.3 Å². The molecule has 1 heterocycles. The highest BCUT2D eigenvalue weighted by atomic mass is 35.5. The van der Waals surface area contributed by atoms with Crippen LogP contribution in [0.4, 0.5) is 0 Å². The lowest BCUT2D eigenvalue weighted by molar-refractivity contribution is -0.131. The third-order valence-corrected chi connectivity index (χ3v) is 6.59. The normalized spacial score (nSPS) is 15.5. The van der Waals surface area contributed by atoms with E-state index in [1.807, 2.05) is 60.4 Å². The monoisotopic (exact) mass is 446 g/mol. The Morgan fingerprint density at radius 2 is 1.83 bits per heavy atom. The van der Waals surface area contributed by atoms with Gasteiger partial charge in [-0.15, -0.1) is 11.8 Å². The lowest BCUT2D eigenvalue weighted by Crippen LogP contribution is -2.48. The fourth-order valence-electron chi connectivity index (χ4n) is 3.49. The van der Waals surface area contributed by atoms with E-state index >= 15 is 0 Å². The maximum absolute atomic E-state index is 12.7. The Hall–Kier alpha value is -2.18. The molecule has 2 aromatic carbocycles. The number of methoxy groups -OCH3 is 1. The highest BCUT2D eigenvalue weighted by Gasteiger charge is 2.26. The summed E-state index contributed by atoms with van der Waals surface area (Å²) in [7, 11) is 1.61. The lowest BCUT2D eigenvalue weighted by atomic mass is 10.0. The molecular weight excluding hydrogens is 420 g/mol. The first-order valence-corrected chi connectivity index (χ1v) is 11.3. The highest BCUT2D eigenvalue weighted by Crippen LogP contribution is 2.25. The third-order valence-electron chi connectivity index (χ3n) is 5.22. The van der Waals surface area contributed by atoms with Crippen LogP contribution in [-0.4, -0.2) is 48.2 Å². The standard InChI is InChI=1S/C23H27ClN2O3S/c1-16(30-20-9-7-18(24)8-10-20)23(28)25-19-11-13-26(14-12-19)22(27)15-17-5-3-4-6-21(17)29-2/h3-10,16,19H,11-15H2,1-2H3,(H,25,28). The van der Waals surface area contributed by atoms with E-state index in [2.05, 4.69) is 5.32 Å². The Balaban J connectivity index is 1.45. The van der Waals surface area contributed by atoms with Crippen molar-refractivity contribution in [3.8, 4) is 5.75 Å².